The van der Waals surface area contributed by atoms with Gasteiger partial charge in [0.2, 0.25) is 0 Å². The molecule has 0 N–H and O–H groups in total. The van der Waals surface area contributed by atoms with Crippen LogP contribution in [0.5, 0.6) is 0 Å². The minimum absolute atomic E-state index is 0.00613. The van der Waals surface area contributed by atoms with Gasteiger partial charge in [-0.25, -0.2) is 0 Å². The second-order valence-electron chi connectivity index (χ2n) is 5.36. The van der Waals surface area contributed by atoms with Crippen molar-refractivity contribution in [2.24, 2.45) is 5.41 Å². The van der Waals surface area contributed by atoms with Crippen LogP contribution in [0, 0.1) is 5.41 Å². The van der Waals surface area contributed by atoms with E-state index in [0.717, 1.165) is 12.8 Å². The van der Waals surface area contributed by atoms with E-state index in [1.807, 2.05) is 6.92 Å². The van der Waals surface area contributed by atoms with E-state index in [0.29, 0.717) is 0 Å². The number of rotatable bonds is 4. The van der Waals surface area contributed by atoms with E-state index in [1.165, 1.54) is 4.90 Å². The first-order chi connectivity index (χ1) is 6.55. The van der Waals surface area contributed by atoms with E-state index in [9.17, 15) is 13.2 Å². The Balaban J connectivity index is 4.29. The van der Waals surface area contributed by atoms with E-state index in [2.05, 4.69) is 20.8 Å². The molecule has 0 unspecified atom stereocenters. The first kappa shape index (κ1) is 14.8. The largest absolute Gasteiger partial charge is 0.401 e. The van der Waals surface area contributed by atoms with Crippen molar-refractivity contribution in [2.45, 2.75) is 52.8 Å². The molecule has 0 aromatic rings. The summed E-state index contributed by atoms with van der Waals surface area (Å²) < 4.78 is 36.6. The van der Waals surface area contributed by atoms with Crippen LogP contribution in [0.3, 0.4) is 0 Å². The third-order valence-corrected chi connectivity index (χ3v) is 2.37. The summed E-state index contributed by atoms with van der Waals surface area (Å²) in [5.74, 6) is 0. The Morgan fingerprint density at radius 3 is 1.87 bits per heavy atom. The van der Waals surface area contributed by atoms with Gasteiger partial charge in [-0.2, -0.15) is 13.2 Å². The van der Waals surface area contributed by atoms with Crippen molar-refractivity contribution < 1.29 is 13.2 Å². The average molecular weight is 225 g/mol. The van der Waals surface area contributed by atoms with Gasteiger partial charge in [0.05, 0.1) is 6.54 Å². The SMILES string of the molecule is CC[C@H](CC(C)(C)C)N(C)CC(F)(F)F. The predicted octanol–water partition coefficient (Wildman–Crippen LogP) is 3.70. The highest BCUT2D eigenvalue weighted by Gasteiger charge is 2.32. The normalized spacial score (nSPS) is 15.8. The molecule has 1 nitrogen and oxygen atoms in total. The molecule has 0 aromatic carbocycles. The first-order valence-corrected chi connectivity index (χ1v) is 5.32. The van der Waals surface area contributed by atoms with Crippen molar-refractivity contribution in [2.75, 3.05) is 13.6 Å². The van der Waals surface area contributed by atoms with Gasteiger partial charge in [-0.1, -0.05) is 27.7 Å². The molecule has 0 fully saturated rings. The highest BCUT2D eigenvalue weighted by molar-refractivity contribution is 4.76. The van der Waals surface area contributed by atoms with Crippen molar-refractivity contribution >= 4 is 0 Å². The maximum Gasteiger partial charge on any atom is 0.401 e. The molecular weight excluding hydrogens is 203 g/mol. The van der Waals surface area contributed by atoms with Crippen LogP contribution in [-0.4, -0.2) is 30.7 Å². The fourth-order valence-electron chi connectivity index (χ4n) is 1.73. The van der Waals surface area contributed by atoms with E-state index in [-0.39, 0.29) is 11.5 Å². The van der Waals surface area contributed by atoms with Crippen molar-refractivity contribution in [3.05, 3.63) is 0 Å². The molecule has 0 rings (SSSR count). The van der Waals surface area contributed by atoms with Gasteiger partial charge in [-0.3, -0.25) is 4.90 Å². The number of hydrogen-bond donors (Lipinski definition) is 0. The van der Waals surface area contributed by atoms with Crippen LogP contribution in [0.25, 0.3) is 0 Å². The van der Waals surface area contributed by atoms with E-state index < -0.39 is 12.7 Å². The molecule has 0 amide bonds. The van der Waals surface area contributed by atoms with E-state index in [1.54, 1.807) is 7.05 Å². The predicted molar refractivity (Wildman–Crippen MR) is 56.8 cm³/mol. The molecule has 0 aliphatic heterocycles. The van der Waals surface area contributed by atoms with Gasteiger partial charge in [-0.15, -0.1) is 0 Å². The maximum absolute atomic E-state index is 12.2. The second-order valence-corrected chi connectivity index (χ2v) is 5.36. The van der Waals surface area contributed by atoms with Crippen LogP contribution in [0.2, 0.25) is 0 Å². The summed E-state index contributed by atoms with van der Waals surface area (Å²) >= 11 is 0. The fraction of sp³-hybridized carbons (Fsp3) is 1.00. The summed E-state index contributed by atoms with van der Waals surface area (Å²) in [6.45, 7) is 7.27. The van der Waals surface area contributed by atoms with Crippen LogP contribution in [-0.2, 0) is 0 Å². The summed E-state index contributed by atoms with van der Waals surface area (Å²) in [5, 5.41) is 0. The molecule has 4 heteroatoms. The van der Waals surface area contributed by atoms with Crippen LogP contribution in [0.15, 0.2) is 0 Å². The Bertz CT molecular complexity index is 181. The molecule has 0 aromatic heterocycles. The van der Waals surface area contributed by atoms with Crippen molar-refractivity contribution in [3.63, 3.8) is 0 Å². The summed E-state index contributed by atoms with van der Waals surface area (Å²) in [5.41, 5.74) is 0.0700. The lowest BCUT2D eigenvalue weighted by Crippen LogP contribution is -2.40. The average Bonchev–Trinajstić information content (AvgIpc) is 1.94. The Kier molecular flexibility index (Phi) is 5.10. The third-order valence-electron chi connectivity index (χ3n) is 2.37. The van der Waals surface area contributed by atoms with Crippen LogP contribution < -0.4 is 0 Å². The zero-order valence-corrected chi connectivity index (χ0v) is 10.3. The molecule has 0 saturated heterocycles. The minimum atomic E-state index is -4.10. The summed E-state index contributed by atoms with van der Waals surface area (Å²) in [6, 6.07) is 0.00613. The molecule has 0 spiro atoms. The second kappa shape index (κ2) is 5.19. The molecule has 0 heterocycles. The molecule has 0 bridgehead atoms. The van der Waals surface area contributed by atoms with Crippen molar-refractivity contribution in [3.8, 4) is 0 Å². The van der Waals surface area contributed by atoms with Gasteiger partial charge in [0.1, 0.15) is 0 Å². The lowest BCUT2D eigenvalue weighted by atomic mass is 9.86. The third kappa shape index (κ3) is 7.65. The van der Waals surface area contributed by atoms with Crippen molar-refractivity contribution in [1.29, 1.82) is 0 Å². The summed E-state index contributed by atoms with van der Waals surface area (Å²) in [6.07, 6.45) is -2.56. The lowest BCUT2D eigenvalue weighted by molar-refractivity contribution is -0.148. The summed E-state index contributed by atoms with van der Waals surface area (Å²) in [4.78, 5) is 1.41. The molecule has 0 saturated carbocycles. The molecule has 1 atom stereocenters. The van der Waals surface area contributed by atoms with Gasteiger partial charge in [0.25, 0.3) is 0 Å². The number of halogens is 3. The van der Waals surface area contributed by atoms with Crippen LogP contribution >= 0.6 is 0 Å². The van der Waals surface area contributed by atoms with Gasteiger partial charge in [-0.05, 0) is 25.3 Å². The lowest BCUT2D eigenvalue weighted by Gasteiger charge is -2.32. The Hall–Kier alpha value is -0.250. The van der Waals surface area contributed by atoms with Gasteiger partial charge in [0, 0.05) is 6.04 Å². The Morgan fingerprint density at radius 2 is 1.60 bits per heavy atom. The quantitative estimate of drug-likeness (QED) is 0.705. The molecule has 0 aliphatic rings. The highest BCUT2D eigenvalue weighted by atomic mass is 19.4. The monoisotopic (exact) mass is 225 g/mol. The van der Waals surface area contributed by atoms with Gasteiger partial charge >= 0.3 is 6.18 Å². The first-order valence-electron chi connectivity index (χ1n) is 5.32. The summed E-state index contributed by atoms with van der Waals surface area (Å²) in [7, 11) is 1.55. The smallest absolute Gasteiger partial charge is 0.295 e. The number of hydrogen-bond acceptors (Lipinski definition) is 1. The standard InChI is InChI=1S/C11H22F3N/c1-6-9(7-10(2,3)4)15(5)8-11(12,13)14/h9H,6-8H2,1-5H3/t9-/m1/s1. The number of alkyl halides is 3. The van der Waals surface area contributed by atoms with Crippen LogP contribution in [0.4, 0.5) is 13.2 Å². The highest BCUT2D eigenvalue weighted by Crippen LogP contribution is 2.26. The Morgan fingerprint density at radius 1 is 1.13 bits per heavy atom. The number of nitrogens with zero attached hydrogens (tertiary/aromatic N) is 1. The minimum Gasteiger partial charge on any atom is -0.295 e. The van der Waals surface area contributed by atoms with E-state index >= 15 is 0 Å². The molecular formula is C11H22F3N. The molecule has 15 heavy (non-hydrogen) atoms. The maximum atomic E-state index is 12.2. The van der Waals surface area contributed by atoms with E-state index in [4.69, 9.17) is 0 Å². The topological polar surface area (TPSA) is 3.24 Å². The zero-order chi connectivity index (χ0) is 12.3. The zero-order valence-electron chi connectivity index (χ0n) is 10.3. The Labute approximate surface area is 90.6 Å². The van der Waals surface area contributed by atoms with Crippen molar-refractivity contribution in [1.82, 2.24) is 4.90 Å². The van der Waals surface area contributed by atoms with Crippen LogP contribution in [0.1, 0.15) is 40.5 Å². The fourth-order valence-corrected chi connectivity index (χ4v) is 1.73. The molecule has 0 aliphatic carbocycles. The molecule has 92 valence electrons. The van der Waals surface area contributed by atoms with Gasteiger partial charge in [0.15, 0.2) is 0 Å². The van der Waals surface area contributed by atoms with Gasteiger partial charge < -0.3 is 0 Å². The molecule has 0 radical (unpaired) electrons.